The zero-order valence-corrected chi connectivity index (χ0v) is 19.8. The van der Waals surface area contributed by atoms with Gasteiger partial charge in [0.15, 0.2) is 23.2 Å². The van der Waals surface area contributed by atoms with E-state index < -0.39 is 5.54 Å². The van der Waals surface area contributed by atoms with E-state index in [4.69, 9.17) is 24.4 Å². The van der Waals surface area contributed by atoms with Crippen molar-refractivity contribution in [1.29, 1.82) is 0 Å². The molecule has 3 heterocycles. The van der Waals surface area contributed by atoms with Crippen molar-refractivity contribution in [2.45, 2.75) is 31.4 Å². The first kappa shape index (κ1) is 24.3. The number of methoxy groups -OCH3 is 1. The van der Waals surface area contributed by atoms with Crippen LogP contribution in [0.4, 0.5) is 6.01 Å². The third-order valence-corrected chi connectivity index (χ3v) is 6.43. The van der Waals surface area contributed by atoms with Gasteiger partial charge in [-0.2, -0.15) is 4.98 Å². The zero-order chi connectivity index (χ0) is 20.7. The van der Waals surface area contributed by atoms with Gasteiger partial charge >= 0.3 is 0 Å². The molecule has 0 spiro atoms. The van der Waals surface area contributed by atoms with E-state index in [0.717, 1.165) is 37.0 Å². The molecular weight excluding hydrogens is 453 g/mol. The van der Waals surface area contributed by atoms with Crippen molar-refractivity contribution in [1.82, 2.24) is 4.98 Å². The molecule has 9 heteroatoms. The molecule has 0 radical (unpaired) electrons. The fourth-order valence-corrected chi connectivity index (χ4v) is 4.49. The van der Waals surface area contributed by atoms with Crippen molar-refractivity contribution in [3.05, 3.63) is 42.5 Å². The second kappa shape index (κ2) is 9.65. The Bertz CT molecular complexity index is 1000. The average molecular weight is 482 g/mol. The van der Waals surface area contributed by atoms with Gasteiger partial charge in [-0.05, 0) is 49.9 Å². The third kappa shape index (κ3) is 4.29. The number of anilines is 1. The highest BCUT2D eigenvalue weighted by molar-refractivity contribution is 5.85. The van der Waals surface area contributed by atoms with Gasteiger partial charge in [0.25, 0.3) is 6.01 Å². The van der Waals surface area contributed by atoms with Gasteiger partial charge < -0.3 is 29.3 Å². The van der Waals surface area contributed by atoms with Gasteiger partial charge in [0, 0.05) is 13.1 Å². The summed E-state index contributed by atoms with van der Waals surface area (Å²) < 4.78 is 23.6. The summed E-state index contributed by atoms with van der Waals surface area (Å²) in [5, 5.41) is 0. The molecule has 1 saturated heterocycles. The lowest BCUT2D eigenvalue weighted by Crippen LogP contribution is -2.61. The number of oxazole rings is 1. The predicted molar refractivity (Wildman–Crippen MR) is 129 cm³/mol. The second-order valence-electron chi connectivity index (χ2n) is 8.30. The molecule has 2 atom stereocenters. The summed E-state index contributed by atoms with van der Waals surface area (Å²) in [6.45, 7) is 4.19. The molecule has 32 heavy (non-hydrogen) atoms. The van der Waals surface area contributed by atoms with Crippen LogP contribution in [0.25, 0.3) is 11.1 Å². The highest BCUT2D eigenvalue weighted by Gasteiger charge is 2.44. The molecule has 2 unspecified atom stereocenters. The lowest BCUT2D eigenvalue weighted by molar-refractivity contribution is 0.00722. The van der Waals surface area contributed by atoms with E-state index >= 15 is 0 Å². The Morgan fingerprint density at radius 3 is 2.56 bits per heavy atom. The van der Waals surface area contributed by atoms with Gasteiger partial charge in [0.1, 0.15) is 12.1 Å². The smallest absolute Gasteiger partial charge is 0.298 e. The van der Waals surface area contributed by atoms with Gasteiger partial charge in [-0.25, -0.2) is 0 Å². The quantitative estimate of drug-likeness (QED) is 0.588. The molecule has 0 bridgehead atoms. The first-order chi connectivity index (χ1) is 14.6. The first-order valence-electron chi connectivity index (χ1n) is 10.4. The molecule has 0 amide bonds. The fraction of sp³-hybridized carbons (Fsp3) is 0.435. The SMILES string of the molecule is COc1cccc2c1OC(C(C)(N)C1CCN(c3nc4ccccc4o3)CC1)CO2.Cl.Cl. The molecule has 0 aliphatic carbocycles. The lowest BCUT2D eigenvalue weighted by Gasteiger charge is -2.45. The first-order valence-corrected chi connectivity index (χ1v) is 10.4. The monoisotopic (exact) mass is 481 g/mol. The minimum absolute atomic E-state index is 0. The number of benzene rings is 2. The molecule has 7 nitrogen and oxygen atoms in total. The van der Waals surface area contributed by atoms with Gasteiger partial charge in [-0.15, -0.1) is 24.8 Å². The molecule has 174 valence electrons. The molecule has 2 aliphatic heterocycles. The fourth-order valence-electron chi connectivity index (χ4n) is 4.49. The number of ether oxygens (including phenoxy) is 3. The summed E-state index contributed by atoms with van der Waals surface area (Å²) in [5.74, 6) is 2.30. The molecule has 2 aliphatic rings. The Morgan fingerprint density at radius 1 is 1.09 bits per heavy atom. The summed E-state index contributed by atoms with van der Waals surface area (Å²) in [7, 11) is 1.63. The van der Waals surface area contributed by atoms with Crippen LogP contribution >= 0.6 is 24.8 Å². The largest absolute Gasteiger partial charge is 0.493 e. The second-order valence-corrected chi connectivity index (χ2v) is 8.30. The van der Waals surface area contributed by atoms with Crippen LogP contribution in [0.2, 0.25) is 0 Å². The minimum Gasteiger partial charge on any atom is -0.493 e. The Kier molecular flexibility index (Phi) is 7.32. The number of para-hydroxylation sites is 3. The summed E-state index contributed by atoms with van der Waals surface area (Å²) in [4.78, 5) is 6.82. The Labute approximate surface area is 200 Å². The van der Waals surface area contributed by atoms with Gasteiger partial charge in [-0.3, -0.25) is 0 Å². The van der Waals surface area contributed by atoms with Crippen LogP contribution in [0.1, 0.15) is 19.8 Å². The number of hydrogen-bond donors (Lipinski definition) is 1. The van der Waals surface area contributed by atoms with Crippen LogP contribution in [0.5, 0.6) is 17.2 Å². The van der Waals surface area contributed by atoms with E-state index in [2.05, 4.69) is 16.8 Å². The van der Waals surface area contributed by atoms with Gasteiger partial charge in [-0.1, -0.05) is 18.2 Å². The average Bonchev–Trinajstić information content (AvgIpc) is 3.22. The van der Waals surface area contributed by atoms with Crippen LogP contribution in [0.15, 0.2) is 46.9 Å². The van der Waals surface area contributed by atoms with Gasteiger partial charge in [0.2, 0.25) is 5.75 Å². The van der Waals surface area contributed by atoms with Crippen molar-refractivity contribution in [2.75, 3.05) is 31.7 Å². The summed E-state index contributed by atoms with van der Waals surface area (Å²) in [5.41, 5.74) is 8.03. The topological polar surface area (TPSA) is 83.0 Å². The summed E-state index contributed by atoms with van der Waals surface area (Å²) in [6, 6.07) is 14.2. The lowest BCUT2D eigenvalue weighted by atomic mass is 9.76. The number of aromatic nitrogens is 1. The van der Waals surface area contributed by atoms with E-state index in [9.17, 15) is 0 Å². The maximum Gasteiger partial charge on any atom is 0.298 e. The molecular formula is C23H29Cl2N3O4. The number of fused-ring (bicyclic) bond motifs is 2. The summed E-state index contributed by atoms with van der Waals surface area (Å²) in [6.07, 6.45) is 1.62. The van der Waals surface area contributed by atoms with E-state index in [-0.39, 0.29) is 30.9 Å². The number of hydrogen-bond acceptors (Lipinski definition) is 7. The maximum absolute atomic E-state index is 6.86. The van der Waals surface area contributed by atoms with Crippen LogP contribution < -0.4 is 24.8 Å². The van der Waals surface area contributed by atoms with Crippen molar-refractivity contribution >= 4 is 41.9 Å². The van der Waals surface area contributed by atoms with E-state index in [1.54, 1.807) is 7.11 Å². The minimum atomic E-state index is -0.536. The highest BCUT2D eigenvalue weighted by atomic mass is 35.5. The van der Waals surface area contributed by atoms with Gasteiger partial charge in [0.05, 0.1) is 12.6 Å². The van der Waals surface area contributed by atoms with E-state index in [1.165, 1.54) is 0 Å². The maximum atomic E-state index is 6.86. The number of halogens is 2. The molecule has 5 rings (SSSR count). The van der Waals surface area contributed by atoms with Crippen LogP contribution in [-0.2, 0) is 0 Å². The number of rotatable bonds is 4. The van der Waals surface area contributed by atoms with E-state index in [1.807, 2.05) is 42.5 Å². The van der Waals surface area contributed by atoms with Crippen LogP contribution in [0, 0.1) is 5.92 Å². The van der Waals surface area contributed by atoms with Crippen molar-refractivity contribution in [2.24, 2.45) is 11.7 Å². The molecule has 1 aromatic heterocycles. The number of nitrogens with zero attached hydrogens (tertiary/aromatic N) is 2. The van der Waals surface area contributed by atoms with Crippen molar-refractivity contribution < 1.29 is 18.6 Å². The Hall–Kier alpha value is -2.35. The van der Waals surface area contributed by atoms with Crippen LogP contribution in [-0.4, -0.2) is 43.4 Å². The molecule has 1 fully saturated rings. The standard InChI is InChI=1S/C23H27N3O4.2ClH/c1-23(24,20-14-28-19-9-5-8-18(27-2)21(19)30-20)15-10-12-26(13-11-15)22-25-16-6-3-4-7-17(16)29-22;;/h3-9,15,20H,10-14,24H2,1-2H3;2*1H. The van der Waals surface area contributed by atoms with Crippen molar-refractivity contribution in [3.63, 3.8) is 0 Å². The normalized spacial score (nSPS) is 20.1. The summed E-state index contributed by atoms with van der Waals surface area (Å²) >= 11 is 0. The molecule has 2 aromatic carbocycles. The van der Waals surface area contributed by atoms with Crippen LogP contribution in [0.3, 0.4) is 0 Å². The van der Waals surface area contributed by atoms with E-state index in [0.29, 0.717) is 35.8 Å². The third-order valence-electron chi connectivity index (χ3n) is 6.43. The predicted octanol–water partition coefficient (Wildman–Crippen LogP) is 4.45. The Morgan fingerprint density at radius 2 is 1.84 bits per heavy atom. The number of nitrogens with two attached hydrogens (primary N) is 1. The highest BCUT2D eigenvalue weighted by Crippen LogP contribution is 2.43. The number of piperidine rings is 1. The zero-order valence-electron chi connectivity index (χ0n) is 18.2. The van der Waals surface area contributed by atoms with Crippen molar-refractivity contribution in [3.8, 4) is 17.2 Å². The Balaban J connectivity index is 0.00000144. The molecule has 2 N–H and O–H groups in total. The molecule has 3 aromatic rings. The molecule has 0 saturated carbocycles.